The first-order valence-electron chi connectivity index (χ1n) is 5.09. The number of nitrogens with one attached hydrogen (secondary N) is 1. The Balaban J connectivity index is 2.47. The molecule has 1 aromatic rings. The van der Waals surface area contributed by atoms with E-state index < -0.39 is 0 Å². The summed E-state index contributed by atoms with van der Waals surface area (Å²) in [6.07, 6.45) is 6.20. The van der Waals surface area contributed by atoms with Crippen molar-refractivity contribution in [2.45, 2.75) is 19.4 Å². The Kier molecular flexibility index (Phi) is 4.73. The Morgan fingerprint density at radius 2 is 2.20 bits per heavy atom. The Labute approximate surface area is 91.6 Å². The summed E-state index contributed by atoms with van der Waals surface area (Å²) in [6, 6.07) is 8.16. The summed E-state index contributed by atoms with van der Waals surface area (Å²) in [7, 11) is 1.69. The molecular formula is C13H17NO. The van der Waals surface area contributed by atoms with Crippen LogP contribution >= 0.6 is 0 Å². The molecule has 1 unspecified atom stereocenters. The molecule has 2 heteroatoms. The van der Waals surface area contributed by atoms with Crippen molar-refractivity contribution in [2.24, 2.45) is 0 Å². The molecule has 2 nitrogen and oxygen atoms in total. The summed E-state index contributed by atoms with van der Waals surface area (Å²) in [5.74, 6) is 3.58. The van der Waals surface area contributed by atoms with Gasteiger partial charge in [0.2, 0.25) is 0 Å². The first kappa shape index (κ1) is 11.6. The zero-order chi connectivity index (χ0) is 11.1. The SMILES string of the molecule is C#CC(C)NCCc1ccccc1OC. The largest absolute Gasteiger partial charge is 0.496 e. The Morgan fingerprint density at radius 3 is 2.87 bits per heavy atom. The second-order valence-corrected chi connectivity index (χ2v) is 3.40. The van der Waals surface area contributed by atoms with Crippen molar-refractivity contribution in [3.05, 3.63) is 29.8 Å². The van der Waals surface area contributed by atoms with E-state index in [2.05, 4.69) is 17.3 Å². The monoisotopic (exact) mass is 203 g/mol. The third-order valence-corrected chi connectivity index (χ3v) is 2.29. The second-order valence-electron chi connectivity index (χ2n) is 3.40. The van der Waals surface area contributed by atoms with Crippen molar-refractivity contribution in [3.8, 4) is 18.1 Å². The van der Waals surface area contributed by atoms with Gasteiger partial charge in [-0.15, -0.1) is 6.42 Å². The molecule has 0 fully saturated rings. The van der Waals surface area contributed by atoms with E-state index in [9.17, 15) is 0 Å². The maximum atomic E-state index is 5.27. The lowest BCUT2D eigenvalue weighted by Crippen LogP contribution is -2.26. The van der Waals surface area contributed by atoms with Crippen LogP contribution in [-0.2, 0) is 6.42 Å². The summed E-state index contributed by atoms with van der Waals surface area (Å²) in [6.45, 7) is 2.84. The number of benzene rings is 1. The zero-order valence-corrected chi connectivity index (χ0v) is 9.29. The van der Waals surface area contributed by atoms with Gasteiger partial charge in [0, 0.05) is 6.54 Å². The molecule has 0 aliphatic rings. The van der Waals surface area contributed by atoms with Crippen LogP contribution < -0.4 is 10.1 Å². The first-order valence-corrected chi connectivity index (χ1v) is 5.09. The predicted molar refractivity (Wildman–Crippen MR) is 63.0 cm³/mol. The van der Waals surface area contributed by atoms with Crippen molar-refractivity contribution in [3.63, 3.8) is 0 Å². The number of hydrogen-bond acceptors (Lipinski definition) is 2. The van der Waals surface area contributed by atoms with Crippen LogP contribution in [0.4, 0.5) is 0 Å². The van der Waals surface area contributed by atoms with Gasteiger partial charge in [-0.3, -0.25) is 0 Å². The minimum atomic E-state index is 0.125. The van der Waals surface area contributed by atoms with Crippen LogP contribution in [0.3, 0.4) is 0 Å². The van der Waals surface area contributed by atoms with E-state index in [0.29, 0.717) is 0 Å². The van der Waals surface area contributed by atoms with Crippen LogP contribution in [0, 0.1) is 12.3 Å². The van der Waals surface area contributed by atoms with E-state index >= 15 is 0 Å². The predicted octanol–water partition coefficient (Wildman–Crippen LogP) is 1.85. The highest BCUT2D eigenvalue weighted by molar-refractivity contribution is 5.33. The fourth-order valence-corrected chi connectivity index (χ4v) is 1.39. The zero-order valence-electron chi connectivity index (χ0n) is 9.29. The fraction of sp³-hybridized carbons (Fsp3) is 0.385. The normalized spacial score (nSPS) is 11.8. The van der Waals surface area contributed by atoms with Gasteiger partial charge in [-0.1, -0.05) is 24.1 Å². The van der Waals surface area contributed by atoms with Crippen LogP contribution in [-0.4, -0.2) is 19.7 Å². The number of hydrogen-bond donors (Lipinski definition) is 1. The molecule has 0 saturated heterocycles. The highest BCUT2D eigenvalue weighted by atomic mass is 16.5. The number of para-hydroxylation sites is 1. The molecule has 0 heterocycles. The summed E-state index contributed by atoms with van der Waals surface area (Å²) in [4.78, 5) is 0. The molecule has 1 atom stereocenters. The van der Waals surface area contributed by atoms with E-state index in [1.54, 1.807) is 7.11 Å². The highest BCUT2D eigenvalue weighted by Crippen LogP contribution is 2.17. The minimum absolute atomic E-state index is 0.125. The second kappa shape index (κ2) is 6.10. The van der Waals surface area contributed by atoms with Crippen molar-refractivity contribution < 1.29 is 4.74 Å². The van der Waals surface area contributed by atoms with Crippen LogP contribution in [0.1, 0.15) is 12.5 Å². The molecule has 0 amide bonds. The molecule has 1 N–H and O–H groups in total. The molecule has 0 aliphatic carbocycles. The summed E-state index contributed by atoms with van der Waals surface area (Å²) in [5, 5.41) is 3.24. The average molecular weight is 203 g/mol. The van der Waals surface area contributed by atoms with Crippen molar-refractivity contribution in [1.29, 1.82) is 0 Å². The summed E-state index contributed by atoms with van der Waals surface area (Å²) >= 11 is 0. The fourth-order valence-electron chi connectivity index (χ4n) is 1.39. The van der Waals surface area contributed by atoms with Gasteiger partial charge < -0.3 is 10.1 Å². The molecule has 1 aromatic carbocycles. The lowest BCUT2D eigenvalue weighted by molar-refractivity contribution is 0.409. The average Bonchev–Trinajstić information content (AvgIpc) is 2.29. The van der Waals surface area contributed by atoms with Gasteiger partial charge in [0.15, 0.2) is 0 Å². The Morgan fingerprint density at radius 1 is 1.47 bits per heavy atom. The van der Waals surface area contributed by atoms with Gasteiger partial charge in [-0.25, -0.2) is 0 Å². The number of ether oxygens (including phenoxy) is 1. The lowest BCUT2D eigenvalue weighted by Gasteiger charge is -2.10. The van der Waals surface area contributed by atoms with Gasteiger partial charge in [-0.05, 0) is 25.0 Å². The van der Waals surface area contributed by atoms with Gasteiger partial charge in [-0.2, -0.15) is 0 Å². The molecule has 0 aromatic heterocycles. The van der Waals surface area contributed by atoms with Gasteiger partial charge in [0.1, 0.15) is 5.75 Å². The molecule has 1 rings (SSSR count). The molecule has 0 saturated carbocycles. The van der Waals surface area contributed by atoms with E-state index in [1.165, 1.54) is 5.56 Å². The third kappa shape index (κ3) is 3.65. The van der Waals surface area contributed by atoms with Crippen molar-refractivity contribution in [1.82, 2.24) is 5.32 Å². The maximum Gasteiger partial charge on any atom is 0.122 e. The number of methoxy groups -OCH3 is 1. The molecule has 0 spiro atoms. The first-order chi connectivity index (χ1) is 7.27. The van der Waals surface area contributed by atoms with Crippen molar-refractivity contribution in [2.75, 3.05) is 13.7 Å². The highest BCUT2D eigenvalue weighted by Gasteiger charge is 2.01. The quantitative estimate of drug-likeness (QED) is 0.737. The van der Waals surface area contributed by atoms with Crippen LogP contribution in [0.25, 0.3) is 0 Å². The van der Waals surface area contributed by atoms with Gasteiger partial charge in [0.05, 0.1) is 13.2 Å². The van der Waals surface area contributed by atoms with E-state index in [1.807, 2.05) is 25.1 Å². The van der Waals surface area contributed by atoms with Crippen LogP contribution in [0.2, 0.25) is 0 Å². The molecule has 0 aliphatic heterocycles. The number of terminal acetylenes is 1. The van der Waals surface area contributed by atoms with E-state index in [4.69, 9.17) is 11.2 Å². The minimum Gasteiger partial charge on any atom is -0.496 e. The third-order valence-electron chi connectivity index (χ3n) is 2.29. The van der Waals surface area contributed by atoms with Gasteiger partial charge >= 0.3 is 0 Å². The molecule has 80 valence electrons. The van der Waals surface area contributed by atoms with Crippen LogP contribution in [0.5, 0.6) is 5.75 Å². The van der Waals surface area contributed by atoms with E-state index in [-0.39, 0.29) is 6.04 Å². The molecular weight excluding hydrogens is 186 g/mol. The topological polar surface area (TPSA) is 21.3 Å². The molecule has 0 radical (unpaired) electrons. The number of rotatable bonds is 5. The van der Waals surface area contributed by atoms with Crippen molar-refractivity contribution >= 4 is 0 Å². The Hall–Kier alpha value is -1.46. The van der Waals surface area contributed by atoms with Crippen LogP contribution in [0.15, 0.2) is 24.3 Å². The summed E-state index contributed by atoms with van der Waals surface area (Å²) in [5.41, 5.74) is 1.21. The molecule has 0 bridgehead atoms. The molecule has 15 heavy (non-hydrogen) atoms. The Bertz CT molecular complexity index is 341. The summed E-state index contributed by atoms with van der Waals surface area (Å²) < 4.78 is 5.26. The smallest absolute Gasteiger partial charge is 0.122 e. The standard InChI is InChI=1S/C13H17NO/c1-4-11(2)14-10-9-12-7-5-6-8-13(12)15-3/h1,5-8,11,14H,9-10H2,2-3H3. The van der Waals surface area contributed by atoms with E-state index in [0.717, 1.165) is 18.7 Å². The van der Waals surface area contributed by atoms with Gasteiger partial charge in [0.25, 0.3) is 0 Å². The lowest BCUT2D eigenvalue weighted by atomic mass is 10.1. The maximum absolute atomic E-state index is 5.27.